The molecule has 0 aliphatic heterocycles. The van der Waals surface area contributed by atoms with Crippen molar-refractivity contribution in [2.75, 3.05) is 13.1 Å². The number of halogens is 3. The van der Waals surface area contributed by atoms with Crippen molar-refractivity contribution in [1.82, 2.24) is 21.3 Å². The van der Waals surface area contributed by atoms with Gasteiger partial charge in [0.05, 0.1) is 12.1 Å². The van der Waals surface area contributed by atoms with E-state index in [0.717, 1.165) is 17.7 Å². The van der Waals surface area contributed by atoms with Crippen molar-refractivity contribution in [3.63, 3.8) is 0 Å². The van der Waals surface area contributed by atoms with Crippen molar-refractivity contribution in [3.05, 3.63) is 70.8 Å². The van der Waals surface area contributed by atoms with E-state index in [1.54, 1.807) is 0 Å². The Balaban J connectivity index is 1.97. The number of hydrogen-bond donors (Lipinski definition) is 4. The minimum atomic E-state index is -4.59. The summed E-state index contributed by atoms with van der Waals surface area (Å²) in [5.74, 6) is -1.48. The summed E-state index contributed by atoms with van der Waals surface area (Å²) in [5.41, 5.74) is 0.498. The molecule has 7 nitrogen and oxygen atoms in total. The first-order chi connectivity index (χ1) is 17.2. The zero-order valence-electron chi connectivity index (χ0n) is 21.8. The average Bonchev–Trinajstić information content (AvgIpc) is 2.80. The SMILES string of the molecule is CC(C)c1ccc(CNCC(NC(=O)CNC(=O)c2cccc(C(F)(F)F)c2)C(=O)NC(C)(C)C)cc1. The first kappa shape index (κ1) is 29.8. The molecule has 0 bridgehead atoms. The molecule has 0 fully saturated rings. The highest BCUT2D eigenvalue weighted by Crippen LogP contribution is 2.29. The summed E-state index contributed by atoms with van der Waals surface area (Å²) < 4.78 is 38.7. The molecule has 1 unspecified atom stereocenters. The molecule has 37 heavy (non-hydrogen) atoms. The van der Waals surface area contributed by atoms with Crippen LogP contribution in [0.3, 0.4) is 0 Å². The van der Waals surface area contributed by atoms with E-state index >= 15 is 0 Å². The first-order valence-electron chi connectivity index (χ1n) is 12.0. The summed E-state index contributed by atoms with van der Waals surface area (Å²) in [6.45, 7) is 9.73. The van der Waals surface area contributed by atoms with E-state index in [1.807, 2.05) is 45.0 Å². The fraction of sp³-hybridized carbons (Fsp3) is 0.444. The standard InChI is InChI=1S/C27H35F3N4O3/c1-17(2)19-11-9-18(10-12-19)14-31-15-22(25(37)34-26(3,4)5)33-23(35)16-32-24(36)20-7-6-8-21(13-20)27(28,29)30/h6-13,17,22,31H,14-16H2,1-5H3,(H,32,36)(H,33,35)(H,34,37). The molecule has 2 aromatic rings. The lowest BCUT2D eigenvalue weighted by molar-refractivity contribution is -0.137. The van der Waals surface area contributed by atoms with Crippen molar-refractivity contribution < 1.29 is 27.6 Å². The van der Waals surface area contributed by atoms with E-state index in [4.69, 9.17) is 0 Å². The number of hydrogen-bond acceptors (Lipinski definition) is 4. The molecular weight excluding hydrogens is 485 g/mol. The molecule has 2 rings (SSSR count). The third kappa shape index (κ3) is 10.2. The third-order valence-corrected chi connectivity index (χ3v) is 5.34. The molecule has 0 aliphatic rings. The zero-order chi connectivity index (χ0) is 27.8. The summed E-state index contributed by atoms with van der Waals surface area (Å²) in [6.07, 6.45) is -4.59. The molecule has 0 aromatic heterocycles. The largest absolute Gasteiger partial charge is 0.416 e. The molecule has 10 heteroatoms. The summed E-state index contributed by atoms with van der Waals surface area (Å²) in [4.78, 5) is 37.6. The molecule has 2 aromatic carbocycles. The Kier molecular flexibility index (Phi) is 10.2. The molecule has 0 radical (unpaired) electrons. The molecule has 4 N–H and O–H groups in total. The van der Waals surface area contributed by atoms with Gasteiger partial charge in [-0.25, -0.2) is 0 Å². The lowest BCUT2D eigenvalue weighted by Crippen LogP contribution is -2.56. The number of alkyl halides is 3. The van der Waals surface area contributed by atoms with Gasteiger partial charge in [0.25, 0.3) is 5.91 Å². The topological polar surface area (TPSA) is 99.3 Å². The Bertz CT molecular complexity index is 1080. The van der Waals surface area contributed by atoms with Gasteiger partial charge in [0.15, 0.2) is 0 Å². The number of amides is 3. The van der Waals surface area contributed by atoms with Gasteiger partial charge >= 0.3 is 6.18 Å². The summed E-state index contributed by atoms with van der Waals surface area (Å²) >= 11 is 0. The predicted octanol–water partition coefficient (Wildman–Crippen LogP) is 3.75. The normalized spacial score (nSPS) is 12.7. The molecular formula is C27H35F3N4O3. The quantitative estimate of drug-likeness (QED) is 0.384. The molecule has 0 spiro atoms. The van der Waals surface area contributed by atoms with E-state index in [1.165, 1.54) is 11.6 Å². The van der Waals surface area contributed by atoms with Gasteiger partial charge in [0.2, 0.25) is 11.8 Å². The Morgan fingerprint density at radius 1 is 0.946 bits per heavy atom. The van der Waals surface area contributed by atoms with Crippen molar-refractivity contribution in [1.29, 1.82) is 0 Å². The van der Waals surface area contributed by atoms with Gasteiger partial charge in [-0.05, 0) is 56.0 Å². The average molecular weight is 521 g/mol. The van der Waals surface area contributed by atoms with Crippen LogP contribution in [0.2, 0.25) is 0 Å². The van der Waals surface area contributed by atoms with Gasteiger partial charge in [-0.1, -0.05) is 44.2 Å². The highest BCUT2D eigenvalue weighted by atomic mass is 19.4. The molecule has 202 valence electrons. The number of benzene rings is 2. The van der Waals surface area contributed by atoms with Crippen LogP contribution in [-0.4, -0.2) is 42.4 Å². The van der Waals surface area contributed by atoms with Crippen molar-refractivity contribution in [3.8, 4) is 0 Å². The highest BCUT2D eigenvalue weighted by Gasteiger charge is 2.31. The second-order valence-electron chi connectivity index (χ2n) is 10.1. The van der Waals surface area contributed by atoms with Crippen LogP contribution < -0.4 is 21.3 Å². The smallest absolute Gasteiger partial charge is 0.350 e. The monoisotopic (exact) mass is 520 g/mol. The number of rotatable bonds is 10. The van der Waals surface area contributed by atoms with E-state index in [9.17, 15) is 27.6 Å². The number of carbonyl (C=O) groups excluding carboxylic acids is 3. The maximum Gasteiger partial charge on any atom is 0.416 e. The lowest BCUT2D eigenvalue weighted by Gasteiger charge is -2.26. The first-order valence-corrected chi connectivity index (χ1v) is 12.0. The van der Waals surface area contributed by atoms with Crippen LogP contribution in [-0.2, 0) is 22.3 Å². The van der Waals surface area contributed by atoms with Gasteiger partial charge in [0.1, 0.15) is 6.04 Å². The van der Waals surface area contributed by atoms with Crippen LogP contribution in [0.25, 0.3) is 0 Å². The van der Waals surface area contributed by atoms with Gasteiger partial charge in [-0.15, -0.1) is 0 Å². The maximum absolute atomic E-state index is 12.9. The van der Waals surface area contributed by atoms with Gasteiger partial charge in [-0.2, -0.15) is 13.2 Å². The summed E-state index contributed by atoms with van der Waals surface area (Å²) in [6, 6.07) is 11.0. The van der Waals surface area contributed by atoms with Gasteiger partial charge < -0.3 is 21.3 Å². The number of nitrogens with one attached hydrogen (secondary N) is 4. The fourth-order valence-corrected chi connectivity index (χ4v) is 3.39. The Labute approximate surface area is 215 Å². The van der Waals surface area contributed by atoms with E-state index in [2.05, 4.69) is 35.1 Å². The van der Waals surface area contributed by atoms with E-state index in [-0.39, 0.29) is 12.1 Å². The van der Waals surface area contributed by atoms with Gasteiger partial charge in [0, 0.05) is 24.2 Å². The second-order valence-corrected chi connectivity index (χ2v) is 10.1. The Hall–Kier alpha value is -3.40. The minimum absolute atomic E-state index is 0.126. The maximum atomic E-state index is 12.9. The van der Waals surface area contributed by atoms with Crippen molar-refractivity contribution >= 4 is 17.7 Å². The van der Waals surface area contributed by atoms with E-state index < -0.39 is 47.6 Å². The van der Waals surface area contributed by atoms with Gasteiger partial charge in [-0.3, -0.25) is 14.4 Å². The minimum Gasteiger partial charge on any atom is -0.350 e. The fourth-order valence-electron chi connectivity index (χ4n) is 3.39. The number of carbonyl (C=O) groups is 3. The van der Waals surface area contributed by atoms with Crippen LogP contribution in [0.5, 0.6) is 0 Å². The second kappa shape index (κ2) is 12.7. The van der Waals surface area contributed by atoms with Crippen LogP contribution in [0, 0.1) is 0 Å². The van der Waals surface area contributed by atoms with Crippen molar-refractivity contribution in [2.45, 2.75) is 64.8 Å². The molecule has 3 amide bonds. The summed E-state index contributed by atoms with van der Waals surface area (Å²) in [5, 5.41) is 10.9. The lowest BCUT2D eigenvalue weighted by atomic mass is 10.0. The van der Waals surface area contributed by atoms with Crippen LogP contribution in [0.1, 0.15) is 67.6 Å². The predicted molar refractivity (Wildman–Crippen MR) is 136 cm³/mol. The van der Waals surface area contributed by atoms with Crippen molar-refractivity contribution in [2.24, 2.45) is 0 Å². The summed E-state index contributed by atoms with van der Waals surface area (Å²) in [7, 11) is 0. The molecule has 1 atom stereocenters. The Morgan fingerprint density at radius 2 is 1.59 bits per heavy atom. The Morgan fingerprint density at radius 3 is 2.16 bits per heavy atom. The van der Waals surface area contributed by atoms with Crippen LogP contribution >= 0.6 is 0 Å². The third-order valence-electron chi connectivity index (χ3n) is 5.34. The molecule has 0 saturated heterocycles. The van der Waals surface area contributed by atoms with Crippen LogP contribution in [0.15, 0.2) is 48.5 Å². The molecule has 0 heterocycles. The van der Waals surface area contributed by atoms with E-state index in [0.29, 0.717) is 18.5 Å². The highest BCUT2D eigenvalue weighted by molar-refractivity contribution is 5.97. The molecule has 0 aliphatic carbocycles. The van der Waals surface area contributed by atoms with Crippen LogP contribution in [0.4, 0.5) is 13.2 Å². The zero-order valence-corrected chi connectivity index (χ0v) is 21.8. The molecule has 0 saturated carbocycles.